The molecule has 24 heavy (non-hydrogen) atoms. The average molecular weight is 333 g/mol. The molecule has 4 nitrogen and oxygen atoms in total. The first-order valence-corrected chi connectivity index (χ1v) is 9.57. The van der Waals surface area contributed by atoms with Crippen molar-refractivity contribution >= 4 is 0 Å². The standard InChI is InChI=1S/C20H31NO3/c1-2-22-17-10-6-7-11-18(17)24-19(20-15-21-12-13-23-20)14-16-8-4-3-5-9-16/h6-7,10-11,16,19-21H,2-5,8-9,12-15H2,1H3. The third-order valence-corrected chi connectivity index (χ3v) is 5.09. The van der Waals surface area contributed by atoms with E-state index in [4.69, 9.17) is 14.2 Å². The normalized spacial score (nSPS) is 23.6. The van der Waals surface area contributed by atoms with E-state index >= 15 is 0 Å². The zero-order chi connectivity index (χ0) is 16.6. The van der Waals surface area contributed by atoms with Gasteiger partial charge in [-0.3, -0.25) is 0 Å². The second-order valence-electron chi connectivity index (χ2n) is 6.89. The number of ether oxygens (including phenoxy) is 3. The minimum Gasteiger partial charge on any atom is -0.490 e. The van der Waals surface area contributed by atoms with Crippen molar-refractivity contribution in [2.75, 3.05) is 26.3 Å². The van der Waals surface area contributed by atoms with Gasteiger partial charge in [0.25, 0.3) is 0 Å². The predicted molar refractivity (Wildman–Crippen MR) is 95.8 cm³/mol. The highest BCUT2D eigenvalue weighted by Gasteiger charge is 2.30. The quantitative estimate of drug-likeness (QED) is 0.824. The van der Waals surface area contributed by atoms with Crippen LogP contribution in [0.2, 0.25) is 0 Å². The van der Waals surface area contributed by atoms with Gasteiger partial charge >= 0.3 is 0 Å². The molecule has 3 rings (SSSR count). The van der Waals surface area contributed by atoms with Gasteiger partial charge in [0, 0.05) is 13.1 Å². The number of nitrogens with one attached hydrogen (secondary N) is 1. The van der Waals surface area contributed by atoms with Gasteiger partial charge < -0.3 is 19.5 Å². The Morgan fingerprint density at radius 1 is 1.17 bits per heavy atom. The highest BCUT2D eigenvalue weighted by Crippen LogP contribution is 2.33. The second kappa shape index (κ2) is 9.28. The van der Waals surface area contributed by atoms with Crippen molar-refractivity contribution in [3.8, 4) is 11.5 Å². The van der Waals surface area contributed by atoms with E-state index in [9.17, 15) is 0 Å². The van der Waals surface area contributed by atoms with E-state index in [1.165, 1.54) is 32.1 Å². The Morgan fingerprint density at radius 3 is 2.67 bits per heavy atom. The summed E-state index contributed by atoms with van der Waals surface area (Å²) in [7, 11) is 0. The lowest BCUT2D eigenvalue weighted by Crippen LogP contribution is -2.48. The van der Waals surface area contributed by atoms with Gasteiger partial charge in [-0.2, -0.15) is 0 Å². The van der Waals surface area contributed by atoms with Crippen LogP contribution in [0.15, 0.2) is 24.3 Å². The number of morpholine rings is 1. The molecule has 1 N–H and O–H groups in total. The molecule has 1 saturated heterocycles. The first-order valence-electron chi connectivity index (χ1n) is 9.57. The van der Waals surface area contributed by atoms with Crippen molar-refractivity contribution in [3.63, 3.8) is 0 Å². The van der Waals surface area contributed by atoms with Crippen molar-refractivity contribution < 1.29 is 14.2 Å². The predicted octanol–water partition coefficient (Wildman–Crippen LogP) is 3.79. The number of para-hydroxylation sites is 2. The highest BCUT2D eigenvalue weighted by molar-refractivity contribution is 5.39. The fourth-order valence-electron chi connectivity index (χ4n) is 3.84. The molecule has 2 unspecified atom stereocenters. The summed E-state index contributed by atoms with van der Waals surface area (Å²) in [6.07, 6.45) is 8.04. The van der Waals surface area contributed by atoms with Crippen molar-refractivity contribution in [2.24, 2.45) is 5.92 Å². The van der Waals surface area contributed by atoms with Crippen LogP contribution < -0.4 is 14.8 Å². The summed E-state index contributed by atoms with van der Waals surface area (Å²) >= 11 is 0. The molecule has 1 saturated carbocycles. The molecule has 2 fully saturated rings. The Bertz CT molecular complexity index is 482. The first-order chi connectivity index (χ1) is 11.9. The Balaban J connectivity index is 1.70. The number of rotatable bonds is 7. The Kier molecular flexibility index (Phi) is 6.79. The molecule has 1 aromatic carbocycles. The molecule has 1 aliphatic heterocycles. The first kappa shape index (κ1) is 17.6. The van der Waals surface area contributed by atoms with Gasteiger partial charge in [0.05, 0.1) is 13.2 Å². The Labute approximate surface area is 145 Å². The van der Waals surface area contributed by atoms with Gasteiger partial charge in [-0.05, 0) is 31.4 Å². The molecule has 0 bridgehead atoms. The zero-order valence-corrected chi connectivity index (χ0v) is 14.8. The lowest BCUT2D eigenvalue weighted by Gasteiger charge is -2.34. The summed E-state index contributed by atoms with van der Waals surface area (Å²) in [6.45, 7) is 5.22. The Hall–Kier alpha value is -1.26. The van der Waals surface area contributed by atoms with Crippen LogP contribution in [0.1, 0.15) is 45.4 Å². The Morgan fingerprint density at radius 2 is 1.96 bits per heavy atom. The molecule has 0 radical (unpaired) electrons. The molecule has 0 amide bonds. The van der Waals surface area contributed by atoms with Gasteiger partial charge in [0.2, 0.25) is 0 Å². The minimum absolute atomic E-state index is 0.0857. The molecule has 134 valence electrons. The van der Waals surface area contributed by atoms with E-state index in [0.717, 1.165) is 43.5 Å². The van der Waals surface area contributed by atoms with Crippen molar-refractivity contribution in [3.05, 3.63) is 24.3 Å². The van der Waals surface area contributed by atoms with Crippen LogP contribution >= 0.6 is 0 Å². The molecular formula is C20H31NO3. The summed E-state index contributed by atoms with van der Waals surface area (Å²) in [4.78, 5) is 0. The van der Waals surface area contributed by atoms with E-state index in [1.807, 2.05) is 31.2 Å². The molecule has 1 heterocycles. The summed E-state index contributed by atoms with van der Waals surface area (Å²) < 4.78 is 18.2. The fraction of sp³-hybridized carbons (Fsp3) is 0.700. The van der Waals surface area contributed by atoms with Crippen LogP contribution in [0.4, 0.5) is 0 Å². The summed E-state index contributed by atoms with van der Waals surface area (Å²) in [6, 6.07) is 7.99. The van der Waals surface area contributed by atoms with Crippen molar-refractivity contribution in [2.45, 2.75) is 57.7 Å². The van der Waals surface area contributed by atoms with Crippen LogP contribution in [0.5, 0.6) is 11.5 Å². The van der Waals surface area contributed by atoms with E-state index in [0.29, 0.717) is 6.61 Å². The number of hydrogen-bond acceptors (Lipinski definition) is 4. The maximum absolute atomic E-state index is 6.45. The minimum atomic E-state index is 0.0857. The molecule has 0 spiro atoms. The summed E-state index contributed by atoms with van der Waals surface area (Å²) in [5.74, 6) is 2.43. The van der Waals surface area contributed by atoms with Crippen LogP contribution in [0.25, 0.3) is 0 Å². The van der Waals surface area contributed by atoms with E-state index in [2.05, 4.69) is 5.32 Å². The molecule has 1 aromatic rings. The van der Waals surface area contributed by atoms with E-state index in [-0.39, 0.29) is 12.2 Å². The second-order valence-corrected chi connectivity index (χ2v) is 6.89. The highest BCUT2D eigenvalue weighted by atomic mass is 16.6. The third-order valence-electron chi connectivity index (χ3n) is 5.09. The molecule has 4 heteroatoms. The van der Waals surface area contributed by atoms with Crippen molar-refractivity contribution in [1.29, 1.82) is 0 Å². The van der Waals surface area contributed by atoms with Crippen LogP contribution in [-0.4, -0.2) is 38.5 Å². The monoisotopic (exact) mass is 333 g/mol. The smallest absolute Gasteiger partial charge is 0.161 e. The topological polar surface area (TPSA) is 39.7 Å². The lowest BCUT2D eigenvalue weighted by molar-refractivity contribution is -0.0515. The van der Waals surface area contributed by atoms with Gasteiger partial charge in [0.15, 0.2) is 11.5 Å². The molecule has 1 aliphatic carbocycles. The maximum atomic E-state index is 6.45. The summed E-state index contributed by atoms with van der Waals surface area (Å²) in [5, 5.41) is 3.44. The fourth-order valence-corrected chi connectivity index (χ4v) is 3.84. The van der Waals surface area contributed by atoms with Crippen molar-refractivity contribution in [1.82, 2.24) is 5.32 Å². The molecular weight excluding hydrogens is 302 g/mol. The largest absolute Gasteiger partial charge is 0.490 e. The van der Waals surface area contributed by atoms with Gasteiger partial charge in [-0.1, -0.05) is 44.2 Å². The zero-order valence-electron chi connectivity index (χ0n) is 14.8. The lowest BCUT2D eigenvalue weighted by atomic mass is 9.84. The number of benzene rings is 1. The van der Waals surface area contributed by atoms with Crippen LogP contribution in [0, 0.1) is 5.92 Å². The van der Waals surface area contributed by atoms with E-state index in [1.54, 1.807) is 0 Å². The van der Waals surface area contributed by atoms with Gasteiger partial charge in [-0.15, -0.1) is 0 Å². The van der Waals surface area contributed by atoms with Gasteiger partial charge in [0.1, 0.15) is 12.2 Å². The molecule has 2 aliphatic rings. The molecule has 0 aromatic heterocycles. The third kappa shape index (κ3) is 4.87. The summed E-state index contributed by atoms with van der Waals surface area (Å²) in [5.41, 5.74) is 0. The van der Waals surface area contributed by atoms with Gasteiger partial charge in [-0.25, -0.2) is 0 Å². The maximum Gasteiger partial charge on any atom is 0.161 e. The number of hydrogen-bond donors (Lipinski definition) is 1. The molecule has 2 atom stereocenters. The van der Waals surface area contributed by atoms with Crippen LogP contribution in [-0.2, 0) is 4.74 Å². The van der Waals surface area contributed by atoms with E-state index < -0.39 is 0 Å². The SMILES string of the molecule is CCOc1ccccc1OC(CC1CCCCC1)C1CNCCO1. The van der Waals surface area contributed by atoms with Crippen LogP contribution in [0.3, 0.4) is 0 Å². The average Bonchev–Trinajstić information content (AvgIpc) is 2.64.